The second kappa shape index (κ2) is 7.05. The van der Waals surface area contributed by atoms with Crippen molar-refractivity contribution in [3.8, 4) is 0 Å². The van der Waals surface area contributed by atoms with Crippen molar-refractivity contribution in [3.63, 3.8) is 0 Å². The van der Waals surface area contributed by atoms with Crippen LogP contribution in [0.5, 0.6) is 0 Å². The minimum absolute atomic E-state index is 0.0514. The van der Waals surface area contributed by atoms with Crippen LogP contribution in [0.1, 0.15) is 32.4 Å². The standard InChI is InChI=1S/C14H18N2O7/c1-14(2,3)23-13(20)15-10(12(18)19)11(17)8-5-4-6-9(7-8)16(21)22/h4-7,10-11,17H,1-3H3,(H,15,20)(H,18,19)/p-1/t10-,11-/m0/s1. The monoisotopic (exact) mass is 325 g/mol. The molecule has 1 aromatic rings. The van der Waals surface area contributed by atoms with Crippen molar-refractivity contribution in [1.29, 1.82) is 0 Å². The third-order valence-corrected chi connectivity index (χ3v) is 2.66. The van der Waals surface area contributed by atoms with E-state index >= 15 is 0 Å². The van der Waals surface area contributed by atoms with E-state index in [9.17, 15) is 29.9 Å². The van der Waals surface area contributed by atoms with Gasteiger partial charge in [-0.3, -0.25) is 10.1 Å². The molecule has 0 heterocycles. The molecule has 0 unspecified atom stereocenters. The van der Waals surface area contributed by atoms with Gasteiger partial charge in [-0.1, -0.05) is 12.1 Å². The lowest BCUT2D eigenvalue weighted by Crippen LogP contribution is -2.52. The number of nitrogens with zero attached hydrogens (tertiary/aromatic N) is 1. The summed E-state index contributed by atoms with van der Waals surface area (Å²) in [7, 11) is 0. The zero-order valence-electron chi connectivity index (χ0n) is 12.8. The maximum atomic E-state index is 11.6. The van der Waals surface area contributed by atoms with Crippen molar-refractivity contribution >= 4 is 17.7 Å². The zero-order chi connectivity index (χ0) is 17.8. The topological polar surface area (TPSA) is 142 Å². The van der Waals surface area contributed by atoms with Crippen LogP contribution in [0.3, 0.4) is 0 Å². The van der Waals surface area contributed by atoms with Gasteiger partial charge in [-0.05, 0) is 26.3 Å². The van der Waals surface area contributed by atoms with Gasteiger partial charge in [0.15, 0.2) is 0 Å². The highest BCUT2D eigenvalue weighted by Gasteiger charge is 2.27. The van der Waals surface area contributed by atoms with E-state index in [2.05, 4.69) is 0 Å². The number of alkyl carbamates (subject to hydrolysis) is 1. The smallest absolute Gasteiger partial charge is 0.408 e. The fourth-order valence-electron chi connectivity index (χ4n) is 1.72. The number of aliphatic hydroxyl groups is 1. The molecule has 0 spiro atoms. The van der Waals surface area contributed by atoms with Crippen molar-refractivity contribution in [2.45, 2.75) is 38.5 Å². The summed E-state index contributed by atoms with van der Waals surface area (Å²) in [6.45, 7) is 4.74. The molecule has 1 rings (SSSR count). The van der Waals surface area contributed by atoms with Crippen LogP contribution in [-0.4, -0.2) is 33.7 Å². The number of non-ortho nitro benzene ring substituents is 1. The summed E-state index contributed by atoms with van der Waals surface area (Å²) < 4.78 is 4.91. The molecule has 2 N–H and O–H groups in total. The van der Waals surface area contributed by atoms with E-state index in [1.54, 1.807) is 20.8 Å². The number of carbonyl (C=O) groups excluding carboxylic acids is 2. The molecule has 0 aliphatic heterocycles. The van der Waals surface area contributed by atoms with E-state index in [4.69, 9.17) is 4.74 Å². The van der Waals surface area contributed by atoms with Gasteiger partial charge in [0.2, 0.25) is 0 Å². The predicted molar refractivity (Wildman–Crippen MR) is 76.2 cm³/mol. The second-order valence-electron chi connectivity index (χ2n) is 5.74. The van der Waals surface area contributed by atoms with Gasteiger partial charge in [0.25, 0.3) is 5.69 Å². The zero-order valence-corrected chi connectivity index (χ0v) is 12.8. The van der Waals surface area contributed by atoms with Crippen LogP contribution >= 0.6 is 0 Å². The lowest BCUT2D eigenvalue weighted by molar-refractivity contribution is -0.385. The third-order valence-electron chi connectivity index (χ3n) is 2.66. The maximum Gasteiger partial charge on any atom is 0.408 e. The van der Waals surface area contributed by atoms with Crippen LogP contribution in [-0.2, 0) is 9.53 Å². The Balaban J connectivity index is 2.97. The first kappa shape index (κ1) is 18.4. The van der Waals surface area contributed by atoms with Crippen LogP contribution in [0.15, 0.2) is 24.3 Å². The Labute approximate surface area is 132 Å². The Morgan fingerprint density at radius 3 is 2.43 bits per heavy atom. The Morgan fingerprint density at radius 1 is 1.35 bits per heavy atom. The molecular formula is C14H17N2O7-. The maximum absolute atomic E-state index is 11.6. The fourth-order valence-corrected chi connectivity index (χ4v) is 1.72. The Bertz CT molecular complexity index is 609. The molecular weight excluding hydrogens is 308 g/mol. The fraction of sp³-hybridized carbons (Fsp3) is 0.429. The first-order valence-electron chi connectivity index (χ1n) is 6.64. The minimum atomic E-state index is -1.83. The number of aliphatic carboxylic acids is 1. The molecule has 0 aliphatic rings. The molecule has 1 amide bonds. The summed E-state index contributed by atoms with van der Waals surface area (Å²) in [5.41, 5.74) is -1.24. The van der Waals surface area contributed by atoms with Crippen LogP contribution in [0.4, 0.5) is 10.5 Å². The van der Waals surface area contributed by atoms with Crippen molar-refractivity contribution in [3.05, 3.63) is 39.9 Å². The summed E-state index contributed by atoms with van der Waals surface area (Å²) in [5.74, 6) is -1.75. The second-order valence-corrected chi connectivity index (χ2v) is 5.74. The van der Waals surface area contributed by atoms with Crippen LogP contribution in [0.2, 0.25) is 0 Å². The lowest BCUT2D eigenvalue weighted by atomic mass is 10.0. The van der Waals surface area contributed by atoms with E-state index in [0.717, 1.165) is 6.07 Å². The number of carbonyl (C=O) groups is 2. The molecule has 0 bridgehead atoms. The minimum Gasteiger partial charge on any atom is -0.548 e. The number of amides is 1. The number of nitrogens with one attached hydrogen (secondary N) is 1. The number of carboxylic acids is 1. The molecule has 0 fully saturated rings. The van der Waals surface area contributed by atoms with Gasteiger partial charge >= 0.3 is 6.09 Å². The Kier molecular flexibility index (Phi) is 5.63. The van der Waals surface area contributed by atoms with Gasteiger partial charge in [-0.25, -0.2) is 4.79 Å². The van der Waals surface area contributed by atoms with Gasteiger partial charge in [0.1, 0.15) is 17.7 Å². The number of aliphatic hydroxyl groups excluding tert-OH is 1. The molecule has 23 heavy (non-hydrogen) atoms. The Hall–Kier alpha value is -2.68. The average molecular weight is 325 g/mol. The molecule has 0 radical (unpaired) electrons. The molecule has 0 saturated carbocycles. The molecule has 0 aromatic heterocycles. The average Bonchev–Trinajstić information content (AvgIpc) is 2.42. The molecule has 126 valence electrons. The molecule has 0 saturated heterocycles. The number of nitro groups is 1. The third kappa shape index (κ3) is 5.55. The largest absolute Gasteiger partial charge is 0.548 e. The van der Waals surface area contributed by atoms with E-state index < -0.39 is 34.7 Å². The first-order chi connectivity index (χ1) is 10.5. The van der Waals surface area contributed by atoms with Gasteiger partial charge in [0, 0.05) is 12.1 Å². The van der Waals surface area contributed by atoms with Crippen LogP contribution in [0.25, 0.3) is 0 Å². The highest BCUT2D eigenvalue weighted by Crippen LogP contribution is 2.22. The van der Waals surface area contributed by atoms with Gasteiger partial charge in [0.05, 0.1) is 10.9 Å². The van der Waals surface area contributed by atoms with E-state index in [1.165, 1.54) is 18.2 Å². The molecule has 9 nitrogen and oxygen atoms in total. The van der Waals surface area contributed by atoms with E-state index in [-0.39, 0.29) is 11.3 Å². The number of nitro benzene ring substituents is 1. The van der Waals surface area contributed by atoms with Crippen molar-refractivity contribution in [1.82, 2.24) is 5.32 Å². The van der Waals surface area contributed by atoms with Gasteiger partial charge in [-0.15, -0.1) is 0 Å². The molecule has 2 atom stereocenters. The van der Waals surface area contributed by atoms with Crippen molar-refractivity contribution in [2.24, 2.45) is 0 Å². The number of ether oxygens (including phenoxy) is 1. The van der Waals surface area contributed by atoms with E-state index in [1.807, 2.05) is 5.32 Å². The highest BCUT2D eigenvalue weighted by molar-refractivity contribution is 5.79. The van der Waals surface area contributed by atoms with Gasteiger partial charge < -0.3 is 25.1 Å². The summed E-state index contributed by atoms with van der Waals surface area (Å²) in [4.78, 5) is 32.8. The van der Waals surface area contributed by atoms with Crippen LogP contribution < -0.4 is 10.4 Å². The SMILES string of the molecule is CC(C)(C)OC(=O)N[C@H](C(=O)[O-])[C@@H](O)c1cccc([N+](=O)[O-])c1. The summed E-state index contributed by atoms with van der Waals surface area (Å²) in [6, 6.07) is 2.95. The number of carboxylic acid groups (broad SMARTS) is 1. The summed E-state index contributed by atoms with van der Waals surface area (Å²) >= 11 is 0. The Morgan fingerprint density at radius 2 is 1.96 bits per heavy atom. The van der Waals surface area contributed by atoms with Crippen LogP contribution in [0, 0.1) is 10.1 Å². The number of hydrogen-bond acceptors (Lipinski definition) is 7. The molecule has 1 aromatic carbocycles. The van der Waals surface area contributed by atoms with Gasteiger partial charge in [-0.2, -0.15) is 0 Å². The number of hydrogen-bond donors (Lipinski definition) is 2. The highest BCUT2D eigenvalue weighted by atomic mass is 16.6. The number of rotatable bonds is 5. The normalized spacial score (nSPS) is 13.7. The molecule has 0 aliphatic carbocycles. The lowest BCUT2D eigenvalue weighted by Gasteiger charge is -2.27. The first-order valence-corrected chi connectivity index (χ1v) is 6.64. The van der Waals surface area contributed by atoms with Crippen molar-refractivity contribution < 1.29 is 29.5 Å². The summed E-state index contributed by atoms with van der Waals surface area (Å²) in [5, 5.41) is 33.9. The van der Waals surface area contributed by atoms with E-state index in [0.29, 0.717) is 0 Å². The molecule has 9 heteroatoms. The van der Waals surface area contributed by atoms with Crippen molar-refractivity contribution in [2.75, 3.05) is 0 Å². The predicted octanol–water partition coefficient (Wildman–Crippen LogP) is 0.271. The summed E-state index contributed by atoms with van der Waals surface area (Å²) in [6.07, 6.45) is -2.80. The quantitative estimate of drug-likeness (QED) is 0.584. The number of benzene rings is 1.